The number of nitrogens with zero attached hydrogens (tertiary/aromatic N) is 3. The van der Waals surface area contributed by atoms with E-state index in [0.717, 1.165) is 44.6 Å². The molecule has 0 bridgehead atoms. The van der Waals surface area contributed by atoms with E-state index in [1.54, 1.807) is 11.0 Å². The fourth-order valence-electron chi connectivity index (χ4n) is 2.48. The summed E-state index contributed by atoms with van der Waals surface area (Å²) >= 11 is 0. The van der Waals surface area contributed by atoms with Crippen molar-refractivity contribution < 1.29 is 9.90 Å². The molecule has 1 aliphatic carbocycles. The summed E-state index contributed by atoms with van der Waals surface area (Å²) in [5.74, 6) is 0.753. The number of hydrogen-bond donors (Lipinski definition) is 2. The molecule has 6 heteroatoms. The second-order valence-electron chi connectivity index (χ2n) is 4.99. The highest BCUT2D eigenvalue weighted by molar-refractivity contribution is 5.69. The first-order valence-electron chi connectivity index (χ1n) is 6.43. The fourth-order valence-corrected chi connectivity index (χ4v) is 2.48. The summed E-state index contributed by atoms with van der Waals surface area (Å²) in [5, 5.41) is 16.3. The van der Waals surface area contributed by atoms with Crippen LogP contribution in [-0.4, -0.2) is 32.4 Å². The Bertz CT molecular complexity index is 397. The van der Waals surface area contributed by atoms with E-state index in [4.69, 9.17) is 5.11 Å². The maximum atomic E-state index is 10.8. The lowest BCUT2D eigenvalue weighted by atomic mass is 9.82. The second-order valence-corrected chi connectivity index (χ2v) is 4.99. The van der Waals surface area contributed by atoms with Gasteiger partial charge in [0.2, 0.25) is 0 Å². The van der Waals surface area contributed by atoms with Gasteiger partial charge in [-0.3, -0.25) is 9.48 Å². The molecule has 0 radical (unpaired) electrons. The van der Waals surface area contributed by atoms with Crippen LogP contribution >= 0.6 is 0 Å². The van der Waals surface area contributed by atoms with Crippen molar-refractivity contribution in [2.75, 3.05) is 6.54 Å². The molecule has 0 aromatic carbocycles. The molecule has 0 unspecified atom stereocenters. The molecule has 1 saturated carbocycles. The average Bonchev–Trinajstić information content (AvgIpc) is 2.76. The van der Waals surface area contributed by atoms with Crippen molar-refractivity contribution in [1.82, 2.24) is 20.1 Å². The van der Waals surface area contributed by atoms with Crippen molar-refractivity contribution >= 4 is 5.97 Å². The molecule has 2 N–H and O–H groups in total. The summed E-state index contributed by atoms with van der Waals surface area (Å²) in [6, 6.07) is 0. The number of aromatic nitrogens is 3. The first-order valence-corrected chi connectivity index (χ1v) is 6.43. The molecule has 0 amide bonds. The number of rotatable bonds is 5. The zero-order valence-corrected chi connectivity index (χ0v) is 10.7. The third-order valence-corrected chi connectivity index (χ3v) is 3.72. The Morgan fingerprint density at radius 1 is 1.50 bits per heavy atom. The fraction of sp³-hybridized carbons (Fsp3) is 0.750. The van der Waals surface area contributed by atoms with Crippen molar-refractivity contribution in [3.05, 3.63) is 12.2 Å². The minimum Gasteiger partial charge on any atom is -0.481 e. The van der Waals surface area contributed by atoms with Gasteiger partial charge in [-0.25, -0.2) is 4.98 Å². The zero-order chi connectivity index (χ0) is 13.0. The molecule has 1 aromatic rings. The van der Waals surface area contributed by atoms with E-state index in [9.17, 15) is 4.79 Å². The first-order chi connectivity index (χ1) is 8.66. The summed E-state index contributed by atoms with van der Waals surface area (Å²) in [5.41, 5.74) is 0. The Labute approximate surface area is 106 Å². The molecule has 0 spiro atoms. The smallest absolute Gasteiger partial charge is 0.306 e. The quantitative estimate of drug-likeness (QED) is 0.810. The number of carboxylic acids is 1. The highest BCUT2D eigenvalue weighted by Crippen LogP contribution is 2.28. The molecule has 1 heterocycles. The molecule has 0 saturated heterocycles. The highest BCUT2D eigenvalue weighted by Gasteiger charge is 2.25. The van der Waals surface area contributed by atoms with E-state index in [2.05, 4.69) is 15.4 Å². The van der Waals surface area contributed by atoms with Crippen molar-refractivity contribution in [3.8, 4) is 0 Å². The second kappa shape index (κ2) is 5.95. The summed E-state index contributed by atoms with van der Waals surface area (Å²) in [7, 11) is 1.88. The Morgan fingerprint density at radius 3 is 2.78 bits per heavy atom. The molecular weight excluding hydrogens is 232 g/mol. The van der Waals surface area contributed by atoms with E-state index in [-0.39, 0.29) is 5.92 Å². The predicted octanol–water partition coefficient (Wildman–Crippen LogP) is 0.796. The van der Waals surface area contributed by atoms with Gasteiger partial charge in [0.05, 0.1) is 12.5 Å². The van der Waals surface area contributed by atoms with Crippen LogP contribution in [0.1, 0.15) is 31.5 Å². The van der Waals surface area contributed by atoms with Crippen LogP contribution in [0.15, 0.2) is 6.33 Å². The van der Waals surface area contributed by atoms with Crippen LogP contribution < -0.4 is 5.32 Å². The first kappa shape index (κ1) is 13.0. The number of carbonyl (C=O) groups is 1. The Balaban J connectivity index is 1.67. The SMILES string of the molecule is Cn1ncnc1CNCC1CCC(C(=O)O)CC1. The lowest BCUT2D eigenvalue weighted by molar-refractivity contribution is -0.143. The lowest BCUT2D eigenvalue weighted by Gasteiger charge is -2.26. The number of carboxylic acid groups (broad SMARTS) is 1. The Morgan fingerprint density at radius 2 is 2.22 bits per heavy atom. The lowest BCUT2D eigenvalue weighted by Crippen LogP contribution is -2.29. The van der Waals surface area contributed by atoms with Gasteiger partial charge in [0.15, 0.2) is 0 Å². The molecule has 2 rings (SSSR count). The Hall–Kier alpha value is -1.43. The molecular formula is C12H20N4O2. The van der Waals surface area contributed by atoms with Gasteiger partial charge in [-0.15, -0.1) is 0 Å². The van der Waals surface area contributed by atoms with Crippen molar-refractivity contribution in [3.63, 3.8) is 0 Å². The van der Waals surface area contributed by atoms with Gasteiger partial charge >= 0.3 is 5.97 Å². The molecule has 0 atom stereocenters. The van der Waals surface area contributed by atoms with Gasteiger partial charge < -0.3 is 10.4 Å². The van der Waals surface area contributed by atoms with Crippen LogP contribution in [0.4, 0.5) is 0 Å². The molecule has 18 heavy (non-hydrogen) atoms. The van der Waals surface area contributed by atoms with E-state index >= 15 is 0 Å². The van der Waals surface area contributed by atoms with Gasteiger partial charge in [-0.2, -0.15) is 5.10 Å². The Kier molecular flexibility index (Phi) is 4.30. The third-order valence-electron chi connectivity index (χ3n) is 3.72. The number of nitrogens with one attached hydrogen (secondary N) is 1. The van der Waals surface area contributed by atoms with Crippen LogP contribution in [0.5, 0.6) is 0 Å². The molecule has 6 nitrogen and oxygen atoms in total. The number of aryl methyl sites for hydroxylation is 1. The standard InChI is InChI=1S/C12H20N4O2/c1-16-11(14-8-15-16)7-13-6-9-2-4-10(5-3-9)12(17)18/h8-10,13H,2-7H2,1H3,(H,17,18). The predicted molar refractivity (Wildman–Crippen MR) is 65.8 cm³/mol. The molecule has 100 valence electrons. The highest BCUT2D eigenvalue weighted by atomic mass is 16.4. The zero-order valence-electron chi connectivity index (χ0n) is 10.7. The van der Waals surface area contributed by atoms with Gasteiger partial charge in [0.25, 0.3) is 0 Å². The monoisotopic (exact) mass is 252 g/mol. The van der Waals surface area contributed by atoms with Crippen molar-refractivity contribution in [2.24, 2.45) is 18.9 Å². The van der Waals surface area contributed by atoms with Gasteiger partial charge in [0, 0.05) is 7.05 Å². The van der Waals surface area contributed by atoms with Crippen LogP contribution in [0.2, 0.25) is 0 Å². The van der Waals surface area contributed by atoms with E-state index in [1.165, 1.54) is 0 Å². The van der Waals surface area contributed by atoms with E-state index in [0.29, 0.717) is 5.92 Å². The summed E-state index contributed by atoms with van der Waals surface area (Å²) < 4.78 is 1.76. The van der Waals surface area contributed by atoms with Gasteiger partial charge in [0.1, 0.15) is 12.2 Å². The van der Waals surface area contributed by atoms with Crippen molar-refractivity contribution in [2.45, 2.75) is 32.2 Å². The van der Waals surface area contributed by atoms with E-state index < -0.39 is 5.97 Å². The molecule has 1 aromatic heterocycles. The summed E-state index contributed by atoms with van der Waals surface area (Å²) in [6.45, 7) is 1.65. The summed E-state index contributed by atoms with van der Waals surface area (Å²) in [4.78, 5) is 15.0. The normalized spacial score (nSPS) is 24.1. The van der Waals surface area contributed by atoms with Crippen molar-refractivity contribution in [1.29, 1.82) is 0 Å². The molecule has 0 aliphatic heterocycles. The number of hydrogen-bond acceptors (Lipinski definition) is 4. The van der Waals surface area contributed by atoms with Gasteiger partial charge in [-0.1, -0.05) is 0 Å². The summed E-state index contributed by atoms with van der Waals surface area (Å²) in [6.07, 6.45) is 5.18. The van der Waals surface area contributed by atoms with Gasteiger partial charge in [-0.05, 0) is 38.1 Å². The number of aliphatic carboxylic acids is 1. The average molecular weight is 252 g/mol. The van der Waals surface area contributed by atoms with Crippen LogP contribution in [0.3, 0.4) is 0 Å². The molecule has 1 fully saturated rings. The maximum Gasteiger partial charge on any atom is 0.306 e. The minimum atomic E-state index is -0.638. The van der Waals surface area contributed by atoms with Crippen LogP contribution in [0.25, 0.3) is 0 Å². The molecule has 1 aliphatic rings. The third kappa shape index (κ3) is 3.29. The maximum absolute atomic E-state index is 10.8. The van der Waals surface area contributed by atoms with Crippen LogP contribution in [-0.2, 0) is 18.4 Å². The van der Waals surface area contributed by atoms with Crippen LogP contribution in [0, 0.1) is 11.8 Å². The minimum absolute atomic E-state index is 0.125. The topological polar surface area (TPSA) is 80.0 Å². The largest absolute Gasteiger partial charge is 0.481 e. The van der Waals surface area contributed by atoms with E-state index in [1.807, 2.05) is 7.05 Å².